The number of hydrogen-bond donors (Lipinski definition) is 1. The predicted molar refractivity (Wildman–Crippen MR) is 122 cm³/mol. The molecule has 2 aromatic rings. The third-order valence-electron chi connectivity index (χ3n) is 6.15. The number of benzene rings is 2. The fourth-order valence-corrected chi connectivity index (χ4v) is 4.23. The van der Waals surface area contributed by atoms with Gasteiger partial charge in [0.15, 0.2) is 0 Å². The molecule has 168 valence electrons. The lowest BCUT2D eigenvalue weighted by atomic mass is 10.1. The molecule has 3 amide bonds. The highest BCUT2D eigenvalue weighted by molar-refractivity contribution is 6.21. The number of likely N-dealkylation sites (N-methyl/N-ethyl adjacent to an activating group) is 1. The van der Waals surface area contributed by atoms with E-state index in [2.05, 4.69) is 34.3 Å². The van der Waals surface area contributed by atoms with E-state index in [9.17, 15) is 14.4 Å². The second-order valence-corrected chi connectivity index (χ2v) is 8.59. The molecular formula is C25H30N4O3. The number of nitrogens with zero attached hydrogens (tertiary/aromatic N) is 3. The van der Waals surface area contributed by atoms with Crippen LogP contribution in [-0.2, 0) is 17.9 Å². The summed E-state index contributed by atoms with van der Waals surface area (Å²) in [6.07, 6.45) is 0.717. The van der Waals surface area contributed by atoms with Crippen molar-refractivity contribution in [2.75, 3.05) is 39.8 Å². The van der Waals surface area contributed by atoms with Crippen molar-refractivity contribution in [2.24, 2.45) is 0 Å². The summed E-state index contributed by atoms with van der Waals surface area (Å²) in [5, 5.41) is 2.95. The van der Waals surface area contributed by atoms with Gasteiger partial charge in [-0.25, -0.2) is 0 Å². The van der Waals surface area contributed by atoms with Gasteiger partial charge in [0, 0.05) is 52.2 Å². The molecule has 0 bridgehead atoms. The second-order valence-electron chi connectivity index (χ2n) is 8.59. The molecule has 32 heavy (non-hydrogen) atoms. The summed E-state index contributed by atoms with van der Waals surface area (Å²) in [6.45, 7) is 5.99. The van der Waals surface area contributed by atoms with Crippen molar-refractivity contribution in [3.05, 3.63) is 70.8 Å². The first-order chi connectivity index (χ1) is 15.5. The molecule has 2 aromatic carbocycles. The molecular weight excluding hydrogens is 404 g/mol. The van der Waals surface area contributed by atoms with Crippen LogP contribution in [0.4, 0.5) is 0 Å². The molecule has 1 saturated heterocycles. The number of carbonyl (C=O) groups is 3. The van der Waals surface area contributed by atoms with Gasteiger partial charge in [-0.3, -0.25) is 24.2 Å². The van der Waals surface area contributed by atoms with Crippen molar-refractivity contribution in [2.45, 2.75) is 25.9 Å². The number of imide groups is 1. The van der Waals surface area contributed by atoms with Crippen molar-refractivity contribution in [1.82, 2.24) is 20.0 Å². The van der Waals surface area contributed by atoms with Gasteiger partial charge in [0.2, 0.25) is 5.91 Å². The summed E-state index contributed by atoms with van der Waals surface area (Å²) < 4.78 is 0. The van der Waals surface area contributed by atoms with E-state index in [1.807, 2.05) is 12.1 Å². The molecule has 1 fully saturated rings. The van der Waals surface area contributed by atoms with Crippen LogP contribution >= 0.6 is 0 Å². The summed E-state index contributed by atoms with van der Waals surface area (Å²) in [4.78, 5) is 43.1. The highest BCUT2D eigenvalue weighted by Gasteiger charge is 2.34. The Morgan fingerprint density at radius 1 is 0.906 bits per heavy atom. The van der Waals surface area contributed by atoms with E-state index in [0.717, 1.165) is 38.3 Å². The Balaban J connectivity index is 1.20. The van der Waals surface area contributed by atoms with Crippen molar-refractivity contribution in [3.8, 4) is 0 Å². The van der Waals surface area contributed by atoms with E-state index in [4.69, 9.17) is 0 Å². The van der Waals surface area contributed by atoms with Gasteiger partial charge in [-0.1, -0.05) is 36.4 Å². The van der Waals surface area contributed by atoms with Gasteiger partial charge in [0.1, 0.15) is 0 Å². The number of carbonyl (C=O) groups excluding carboxylic acids is 3. The number of piperazine rings is 1. The Morgan fingerprint density at radius 3 is 2.25 bits per heavy atom. The zero-order valence-corrected chi connectivity index (χ0v) is 18.5. The van der Waals surface area contributed by atoms with Gasteiger partial charge in [-0.05, 0) is 36.7 Å². The average molecular weight is 435 g/mol. The number of nitrogens with one attached hydrogen (secondary N) is 1. The van der Waals surface area contributed by atoms with E-state index in [0.29, 0.717) is 24.1 Å². The number of hydrogen-bond acceptors (Lipinski definition) is 5. The molecule has 0 radical (unpaired) electrons. The van der Waals surface area contributed by atoms with E-state index in [1.165, 1.54) is 10.5 Å². The van der Waals surface area contributed by atoms with Crippen molar-refractivity contribution in [1.29, 1.82) is 0 Å². The molecule has 0 atom stereocenters. The lowest BCUT2D eigenvalue weighted by Gasteiger charge is -2.32. The number of fused-ring (bicyclic) bond motifs is 1. The van der Waals surface area contributed by atoms with Gasteiger partial charge in [0.05, 0.1) is 11.1 Å². The monoisotopic (exact) mass is 434 g/mol. The Kier molecular flexibility index (Phi) is 6.97. The first-order valence-electron chi connectivity index (χ1n) is 11.2. The van der Waals surface area contributed by atoms with Crippen LogP contribution in [0.25, 0.3) is 0 Å². The van der Waals surface area contributed by atoms with E-state index >= 15 is 0 Å². The van der Waals surface area contributed by atoms with Crippen LogP contribution < -0.4 is 5.32 Å². The van der Waals surface area contributed by atoms with Gasteiger partial charge in [-0.2, -0.15) is 0 Å². The van der Waals surface area contributed by atoms with Gasteiger partial charge in [0.25, 0.3) is 11.8 Å². The maximum absolute atomic E-state index is 12.4. The third-order valence-corrected chi connectivity index (χ3v) is 6.15. The van der Waals surface area contributed by atoms with E-state index < -0.39 is 0 Å². The summed E-state index contributed by atoms with van der Waals surface area (Å²) >= 11 is 0. The van der Waals surface area contributed by atoms with Gasteiger partial charge in [-0.15, -0.1) is 0 Å². The smallest absolute Gasteiger partial charge is 0.261 e. The SMILES string of the molecule is CN1CCN(Cc2cccc(CNC(=O)CCCN3C(=O)c4ccccc4C3=O)c2)CC1. The predicted octanol–water partition coefficient (Wildman–Crippen LogP) is 2.13. The maximum Gasteiger partial charge on any atom is 0.261 e. The average Bonchev–Trinajstić information content (AvgIpc) is 3.05. The van der Waals surface area contributed by atoms with E-state index in [1.54, 1.807) is 24.3 Å². The van der Waals surface area contributed by atoms with Crippen LogP contribution in [0.3, 0.4) is 0 Å². The lowest BCUT2D eigenvalue weighted by molar-refractivity contribution is -0.121. The second kappa shape index (κ2) is 10.1. The Bertz CT molecular complexity index is 963. The molecule has 0 saturated carbocycles. The minimum absolute atomic E-state index is 0.0777. The van der Waals surface area contributed by atoms with Crippen LogP contribution in [0.5, 0.6) is 0 Å². The molecule has 0 spiro atoms. The van der Waals surface area contributed by atoms with Crippen molar-refractivity contribution in [3.63, 3.8) is 0 Å². The fourth-order valence-electron chi connectivity index (χ4n) is 4.23. The molecule has 4 rings (SSSR count). The molecule has 2 aliphatic rings. The quantitative estimate of drug-likeness (QED) is 0.645. The third kappa shape index (κ3) is 5.23. The maximum atomic E-state index is 12.4. The zero-order valence-electron chi connectivity index (χ0n) is 18.5. The Labute approximate surface area is 189 Å². The first kappa shape index (κ1) is 22.2. The van der Waals surface area contributed by atoms with Crippen LogP contribution in [-0.4, -0.2) is 72.2 Å². The van der Waals surface area contributed by atoms with Gasteiger partial charge >= 0.3 is 0 Å². The van der Waals surface area contributed by atoms with Crippen LogP contribution in [0.1, 0.15) is 44.7 Å². The highest BCUT2D eigenvalue weighted by Crippen LogP contribution is 2.22. The molecule has 0 unspecified atom stereocenters. The highest BCUT2D eigenvalue weighted by atomic mass is 16.2. The lowest BCUT2D eigenvalue weighted by Crippen LogP contribution is -2.43. The molecule has 2 aliphatic heterocycles. The summed E-state index contributed by atoms with van der Waals surface area (Å²) in [6, 6.07) is 15.2. The molecule has 0 aromatic heterocycles. The fraction of sp³-hybridized carbons (Fsp3) is 0.400. The van der Waals surface area contributed by atoms with E-state index in [-0.39, 0.29) is 30.7 Å². The zero-order chi connectivity index (χ0) is 22.5. The molecule has 2 heterocycles. The number of amides is 3. The summed E-state index contributed by atoms with van der Waals surface area (Å²) in [5.41, 5.74) is 3.22. The first-order valence-corrected chi connectivity index (χ1v) is 11.2. The van der Waals surface area contributed by atoms with Crippen molar-refractivity contribution >= 4 is 17.7 Å². The van der Waals surface area contributed by atoms with Crippen LogP contribution in [0.2, 0.25) is 0 Å². The summed E-state index contributed by atoms with van der Waals surface area (Å²) in [7, 11) is 2.15. The minimum Gasteiger partial charge on any atom is -0.352 e. The standard InChI is InChI=1S/C25H30N4O3/c1-27-12-14-28(15-13-27)18-20-7-4-6-19(16-20)17-26-23(30)10-5-11-29-24(31)21-8-2-3-9-22(21)25(29)32/h2-4,6-9,16H,5,10-15,17-18H2,1H3,(H,26,30). The minimum atomic E-state index is -0.275. The molecule has 0 aliphatic carbocycles. The number of rotatable bonds is 8. The van der Waals surface area contributed by atoms with Crippen LogP contribution in [0.15, 0.2) is 48.5 Å². The Morgan fingerprint density at radius 2 is 1.56 bits per heavy atom. The summed E-state index contributed by atoms with van der Waals surface area (Å²) in [5.74, 6) is -0.627. The molecule has 7 nitrogen and oxygen atoms in total. The normalized spacial score (nSPS) is 17.0. The molecule has 7 heteroatoms. The largest absolute Gasteiger partial charge is 0.352 e. The molecule has 1 N–H and O–H groups in total. The van der Waals surface area contributed by atoms with Gasteiger partial charge < -0.3 is 10.2 Å². The topological polar surface area (TPSA) is 73.0 Å². The van der Waals surface area contributed by atoms with Crippen LogP contribution in [0, 0.1) is 0 Å². The Hall–Kier alpha value is -3.03. The van der Waals surface area contributed by atoms with Crippen molar-refractivity contribution < 1.29 is 14.4 Å².